The number of nitriles is 1. The van der Waals surface area contributed by atoms with Crippen molar-refractivity contribution in [1.29, 1.82) is 5.26 Å². The highest BCUT2D eigenvalue weighted by molar-refractivity contribution is 7.80. The van der Waals surface area contributed by atoms with E-state index in [4.69, 9.17) is 10.00 Å². The average Bonchev–Trinajstić information content (AvgIpc) is 2.03. The molecule has 0 atom stereocenters. The first-order valence-corrected chi connectivity index (χ1v) is 3.60. The Morgan fingerprint density at radius 2 is 2.25 bits per heavy atom. The van der Waals surface area contributed by atoms with Crippen LogP contribution in [0.2, 0.25) is 0 Å². The zero-order valence-electron chi connectivity index (χ0n) is 6.34. The van der Waals surface area contributed by atoms with Crippen molar-refractivity contribution in [1.82, 2.24) is 0 Å². The number of rotatable bonds is 1. The zero-order chi connectivity index (χ0) is 9.14. The second-order valence-electron chi connectivity index (χ2n) is 2.12. The number of nitrogens with zero attached hydrogens (tertiary/aromatic N) is 1. The topological polar surface area (TPSA) is 33.0 Å². The van der Waals surface area contributed by atoms with Gasteiger partial charge in [-0.1, -0.05) is 0 Å². The van der Waals surface area contributed by atoms with Crippen molar-refractivity contribution < 1.29 is 9.13 Å². The number of thiol groups is 1. The summed E-state index contributed by atoms with van der Waals surface area (Å²) in [6, 6.07) is 4.46. The van der Waals surface area contributed by atoms with Gasteiger partial charge in [0.05, 0.1) is 12.7 Å². The monoisotopic (exact) mass is 183 g/mol. The summed E-state index contributed by atoms with van der Waals surface area (Å²) in [5, 5.41) is 8.57. The second-order valence-corrected chi connectivity index (χ2v) is 2.64. The lowest BCUT2D eigenvalue weighted by atomic mass is 10.2. The highest BCUT2D eigenvalue weighted by Crippen LogP contribution is 2.24. The van der Waals surface area contributed by atoms with E-state index in [9.17, 15) is 4.39 Å². The smallest absolute Gasteiger partial charge is 0.172 e. The number of ether oxygens (including phenoxy) is 1. The maximum atomic E-state index is 13.0. The SMILES string of the molecule is COc1c(F)cc(S)cc1C#N. The van der Waals surface area contributed by atoms with E-state index in [0.29, 0.717) is 4.90 Å². The van der Waals surface area contributed by atoms with Gasteiger partial charge in [0.1, 0.15) is 6.07 Å². The lowest BCUT2D eigenvalue weighted by molar-refractivity contribution is 0.384. The molecule has 0 fully saturated rings. The van der Waals surface area contributed by atoms with Crippen molar-refractivity contribution in [3.63, 3.8) is 0 Å². The Kier molecular flexibility index (Phi) is 2.56. The molecule has 0 aliphatic rings. The van der Waals surface area contributed by atoms with Gasteiger partial charge >= 0.3 is 0 Å². The molecule has 0 N–H and O–H groups in total. The summed E-state index contributed by atoms with van der Waals surface area (Å²) in [7, 11) is 1.32. The van der Waals surface area contributed by atoms with Crippen LogP contribution >= 0.6 is 12.6 Å². The van der Waals surface area contributed by atoms with Crippen LogP contribution in [0.15, 0.2) is 17.0 Å². The fourth-order valence-electron chi connectivity index (χ4n) is 0.870. The Hall–Kier alpha value is -1.21. The number of hydrogen-bond donors (Lipinski definition) is 1. The lowest BCUT2D eigenvalue weighted by Gasteiger charge is -2.03. The van der Waals surface area contributed by atoms with Gasteiger partial charge in [-0.25, -0.2) is 4.39 Å². The molecule has 0 saturated carbocycles. The first kappa shape index (κ1) is 8.88. The van der Waals surface area contributed by atoms with Gasteiger partial charge in [-0.3, -0.25) is 0 Å². The molecule has 1 aromatic rings. The van der Waals surface area contributed by atoms with Crippen molar-refractivity contribution in [2.24, 2.45) is 0 Å². The molecule has 0 spiro atoms. The fraction of sp³-hybridized carbons (Fsp3) is 0.125. The van der Waals surface area contributed by atoms with Gasteiger partial charge in [0.2, 0.25) is 0 Å². The molecule has 0 aromatic heterocycles. The second kappa shape index (κ2) is 3.46. The Morgan fingerprint density at radius 1 is 1.58 bits per heavy atom. The third kappa shape index (κ3) is 1.51. The molecule has 2 nitrogen and oxygen atoms in total. The lowest BCUT2D eigenvalue weighted by Crippen LogP contribution is -1.92. The van der Waals surface area contributed by atoms with E-state index in [0.717, 1.165) is 0 Å². The Labute approximate surface area is 75.0 Å². The summed E-state index contributed by atoms with van der Waals surface area (Å²) in [4.78, 5) is 0.407. The van der Waals surface area contributed by atoms with Crippen molar-refractivity contribution >= 4 is 12.6 Å². The maximum absolute atomic E-state index is 13.0. The molecule has 0 bridgehead atoms. The number of hydrogen-bond acceptors (Lipinski definition) is 3. The van der Waals surface area contributed by atoms with E-state index < -0.39 is 5.82 Å². The average molecular weight is 183 g/mol. The minimum atomic E-state index is -0.568. The molecule has 1 aromatic carbocycles. The van der Waals surface area contributed by atoms with Crippen LogP contribution in [0.3, 0.4) is 0 Å². The standard InChI is InChI=1S/C8H6FNOS/c1-11-8-5(4-10)2-6(12)3-7(8)9/h2-3,12H,1H3. The van der Waals surface area contributed by atoms with Crippen LogP contribution in [0.5, 0.6) is 5.75 Å². The molecule has 0 amide bonds. The van der Waals surface area contributed by atoms with Crippen LogP contribution in [0.4, 0.5) is 4.39 Å². The van der Waals surface area contributed by atoms with E-state index in [1.165, 1.54) is 19.2 Å². The Morgan fingerprint density at radius 3 is 2.75 bits per heavy atom. The molecule has 12 heavy (non-hydrogen) atoms. The number of benzene rings is 1. The molecular weight excluding hydrogens is 177 g/mol. The van der Waals surface area contributed by atoms with E-state index in [1.807, 2.05) is 6.07 Å². The van der Waals surface area contributed by atoms with E-state index in [1.54, 1.807) is 0 Å². The predicted molar refractivity (Wildman–Crippen MR) is 44.9 cm³/mol. The minimum absolute atomic E-state index is 0.0321. The predicted octanol–water partition coefficient (Wildman–Crippen LogP) is 1.99. The molecule has 0 radical (unpaired) electrons. The largest absolute Gasteiger partial charge is 0.492 e. The van der Waals surface area contributed by atoms with E-state index >= 15 is 0 Å². The first-order valence-electron chi connectivity index (χ1n) is 3.15. The van der Waals surface area contributed by atoms with Crippen molar-refractivity contribution in [2.75, 3.05) is 7.11 Å². The Bertz CT molecular complexity index is 346. The fourth-order valence-corrected chi connectivity index (χ4v) is 1.11. The van der Waals surface area contributed by atoms with Crippen LogP contribution < -0.4 is 4.74 Å². The van der Waals surface area contributed by atoms with Gasteiger partial charge in [0.25, 0.3) is 0 Å². The van der Waals surface area contributed by atoms with Crippen molar-refractivity contribution in [3.05, 3.63) is 23.5 Å². The quantitative estimate of drug-likeness (QED) is 0.675. The highest BCUT2D eigenvalue weighted by Gasteiger charge is 2.09. The van der Waals surface area contributed by atoms with Crippen molar-refractivity contribution in [2.45, 2.75) is 4.90 Å². The van der Waals surface area contributed by atoms with Crippen LogP contribution in [-0.4, -0.2) is 7.11 Å². The summed E-state index contributed by atoms with van der Waals surface area (Å²) in [5.41, 5.74) is 0.155. The van der Waals surface area contributed by atoms with Crippen LogP contribution in [0.25, 0.3) is 0 Å². The normalized spacial score (nSPS) is 9.17. The summed E-state index contributed by atoms with van der Waals surface area (Å²) >= 11 is 3.92. The van der Waals surface area contributed by atoms with Gasteiger partial charge in [-0.2, -0.15) is 5.26 Å². The molecule has 0 unspecified atom stereocenters. The van der Waals surface area contributed by atoms with Gasteiger partial charge in [-0.15, -0.1) is 12.6 Å². The first-order chi connectivity index (χ1) is 5.69. The van der Waals surface area contributed by atoms with Gasteiger partial charge in [-0.05, 0) is 12.1 Å². The zero-order valence-corrected chi connectivity index (χ0v) is 7.23. The van der Waals surface area contributed by atoms with Crippen LogP contribution in [-0.2, 0) is 0 Å². The highest BCUT2D eigenvalue weighted by atomic mass is 32.1. The molecule has 0 heterocycles. The molecule has 0 aliphatic heterocycles. The molecular formula is C8H6FNOS. The maximum Gasteiger partial charge on any atom is 0.172 e. The summed E-state index contributed by atoms with van der Waals surface area (Å²) in [5.74, 6) is -0.600. The molecule has 4 heteroatoms. The molecule has 62 valence electrons. The third-order valence-corrected chi connectivity index (χ3v) is 1.61. The van der Waals surface area contributed by atoms with Crippen LogP contribution in [0.1, 0.15) is 5.56 Å². The van der Waals surface area contributed by atoms with Gasteiger partial charge in [0.15, 0.2) is 11.6 Å². The van der Waals surface area contributed by atoms with E-state index in [2.05, 4.69) is 12.6 Å². The van der Waals surface area contributed by atoms with Gasteiger partial charge in [0, 0.05) is 4.90 Å². The van der Waals surface area contributed by atoms with Crippen LogP contribution in [0, 0.1) is 17.1 Å². The minimum Gasteiger partial charge on any atom is -0.492 e. The van der Waals surface area contributed by atoms with Gasteiger partial charge < -0.3 is 4.74 Å². The Balaban J connectivity index is 3.36. The molecule has 1 rings (SSSR count). The van der Waals surface area contributed by atoms with E-state index in [-0.39, 0.29) is 11.3 Å². The number of halogens is 1. The summed E-state index contributed by atoms with van der Waals surface area (Å²) in [6.45, 7) is 0. The summed E-state index contributed by atoms with van der Waals surface area (Å²) in [6.07, 6.45) is 0. The molecule has 0 saturated heterocycles. The molecule has 0 aliphatic carbocycles. The number of methoxy groups -OCH3 is 1. The van der Waals surface area contributed by atoms with Crippen molar-refractivity contribution in [3.8, 4) is 11.8 Å². The third-order valence-electron chi connectivity index (χ3n) is 1.35. The summed E-state index contributed by atoms with van der Waals surface area (Å²) < 4.78 is 17.7.